The summed E-state index contributed by atoms with van der Waals surface area (Å²) in [6, 6.07) is 5.69. The number of amides is 1. The van der Waals surface area contributed by atoms with Crippen LogP contribution in [-0.2, 0) is 9.53 Å². The van der Waals surface area contributed by atoms with Crippen molar-refractivity contribution < 1.29 is 14.6 Å². The van der Waals surface area contributed by atoms with Crippen molar-refractivity contribution in [1.82, 2.24) is 0 Å². The Morgan fingerprint density at radius 3 is 2.90 bits per heavy atom. The molecule has 4 heteroatoms. The zero-order valence-electron chi connectivity index (χ0n) is 11.6. The summed E-state index contributed by atoms with van der Waals surface area (Å²) in [5.41, 5.74) is 2.50. The van der Waals surface area contributed by atoms with E-state index in [9.17, 15) is 4.79 Å². The average Bonchev–Trinajstić information content (AvgIpc) is 2.48. The van der Waals surface area contributed by atoms with Crippen LogP contribution in [0.2, 0.25) is 0 Å². The molecule has 1 aliphatic rings. The van der Waals surface area contributed by atoms with Crippen molar-refractivity contribution in [3.05, 3.63) is 29.3 Å². The lowest BCUT2D eigenvalue weighted by atomic mass is 9.99. The number of carbonyl (C=O) groups is 1. The third-order valence-corrected chi connectivity index (χ3v) is 3.33. The third kappa shape index (κ3) is 3.83. The Labute approximate surface area is 119 Å². The Morgan fingerprint density at radius 2 is 2.20 bits per heavy atom. The maximum atomic E-state index is 12.2. The molecule has 0 saturated carbocycles. The summed E-state index contributed by atoms with van der Waals surface area (Å²) in [6.45, 7) is 3.06. The second-order valence-corrected chi connectivity index (χ2v) is 4.88. The molecule has 1 heterocycles. The minimum absolute atomic E-state index is 0.00343. The number of hydrogen-bond acceptors (Lipinski definition) is 3. The number of ether oxygens (including phenoxy) is 1. The summed E-state index contributed by atoms with van der Waals surface area (Å²) in [5.74, 6) is 5.51. The van der Waals surface area contributed by atoms with E-state index >= 15 is 0 Å². The van der Waals surface area contributed by atoms with Crippen LogP contribution in [0.3, 0.4) is 0 Å². The van der Waals surface area contributed by atoms with Crippen LogP contribution in [0, 0.1) is 24.7 Å². The highest BCUT2D eigenvalue weighted by Gasteiger charge is 2.22. The highest BCUT2D eigenvalue weighted by molar-refractivity contribution is 5.94. The van der Waals surface area contributed by atoms with Gasteiger partial charge in [0.25, 0.3) is 0 Å². The molecule has 0 unspecified atom stereocenters. The zero-order valence-corrected chi connectivity index (χ0v) is 11.6. The van der Waals surface area contributed by atoms with E-state index in [1.54, 1.807) is 0 Å². The van der Waals surface area contributed by atoms with Crippen molar-refractivity contribution in [1.29, 1.82) is 0 Å². The normalized spacial score (nSPS) is 15.3. The van der Waals surface area contributed by atoms with Crippen molar-refractivity contribution in [2.24, 2.45) is 5.92 Å². The highest BCUT2D eigenvalue weighted by Crippen LogP contribution is 2.20. The molecule has 0 aliphatic carbocycles. The molecular weight excluding hydrogens is 254 g/mol. The molecular formula is C16H19NO3. The van der Waals surface area contributed by atoms with E-state index in [-0.39, 0.29) is 18.4 Å². The summed E-state index contributed by atoms with van der Waals surface area (Å²) in [7, 11) is 0. The molecule has 0 spiro atoms. The predicted octanol–water partition coefficient (Wildman–Crippen LogP) is 1.70. The van der Waals surface area contributed by atoms with Crippen molar-refractivity contribution in [2.45, 2.75) is 19.8 Å². The van der Waals surface area contributed by atoms with E-state index in [2.05, 4.69) is 17.2 Å². The van der Waals surface area contributed by atoms with E-state index in [0.29, 0.717) is 18.9 Å². The summed E-state index contributed by atoms with van der Waals surface area (Å²) in [6.07, 6.45) is 1.52. The Bertz CT molecular complexity index is 536. The van der Waals surface area contributed by atoms with Gasteiger partial charge in [-0.1, -0.05) is 17.9 Å². The highest BCUT2D eigenvalue weighted by atomic mass is 16.5. The minimum atomic E-state index is -0.193. The average molecular weight is 273 g/mol. The van der Waals surface area contributed by atoms with Gasteiger partial charge in [-0.25, -0.2) is 0 Å². The minimum Gasteiger partial charge on any atom is -0.384 e. The van der Waals surface area contributed by atoms with Gasteiger partial charge in [0, 0.05) is 24.7 Å². The molecule has 0 radical (unpaired) electrons. The van der Waals surface area contributed by atoms with Gasteiger partial charge in [-0.2, -0.15) is 0 Å². The lowest BCUT2D eigenvalue weighted by Gasteiger charge is -2.21. The topological polar surface area (TPSA) is 58.6 Å². The van der Waals surface area contributed by atoms with Gasteiger partial charge in [-0.05, 0) is 37.5 Å². The number of rotatable bonds is 2. The summed E-state index contributed by atoms with van der Waals surface area (Å²) >= 11 is 0. The van der Waals surface area contributed by atoms with Gasteiger partial charge in [0.2, 0.25) is 5.91 Å². The molecule has 2 N–H and O–H groups in total. The van der Waals surface area contributed by atoms with Crippen LogP contribution in [0.15, 0.2) is 18.2 Å². The number of benzene rings is 1. The third-order valence-electron chi connectivity index (χ3n) is 3.33. The van der Waals surface area contributed by atoms with Gasteiger partial charge in [-0.15, -0.1) is 0 Å². The van der Waals surface area contributed by atoms with Crippen LogP contribution in [0.5, 0.6) is 0 Å². The fourth-order valence-corrected chi connectivity index (χ4v) is 2.20. The van der Waals surface area contributed by atoms with Crippen molar-refractivity contribution in [3.8, 4) is 11.8 Å². The Kier molecular flexibility index (Phi) is 5.16. The largest absolute Gasteiger partial charge is 0.384 e. The van der Waals surface area contributed by atoms with Gasteiger partial charge in [0.15, 0.2) is 0 Å². The molecule has 1 aromatic carbocycles. The molecule has 0 atom stereocenters. The summed E-state index contributed by atoms with van der Waals surface area (Å²) in [5, 5.41) is 11.7. The first-order valence-corrected chi connectivity index (χ1v) is 6.79. The maximum Gasteiger partial charge on any atom is 0.227 e. The second-order valence-electron chi connectivity index (χ2n) is 4.88. The molecule has 1 amide bonds. The van der Waals surface area contributed by atoms with E-state index in [1.165, 1.54) is 0 Å². The molecule has 1 saturated heterocycles. The first kappa shape index (κ1) is 14.6. The van der Waals surface area contributed by atoms with E-state index in [1.807, 2.05) is 25.1 Å². The van der Waals surface area contributed by atoms with Crippen molar-refractivity contribution in [2.75, 3.05) is 25.1 Å². The van der Waals surface area contributed by atoms with Crippen LogP contribution in [0.25, 0.3) is 0 Å². The summed E-state index contributed by atoms with van der Waals surface area (Å²) in [4.78, 5) is 12.2. The quantitative estimate of drug-likeness (QED) is 0.806. The molecule has 2 rings (SSSR count). The Morgan fingerprint density at radius 1 is 1.45 bits per heavy atom. The van der Waals surface area contributed by atoms with Gasteiger partial charge in [-0.3, -0.25) is 4.79 Å². The number of aliphatic hydroxyl groups excluding tert-OH is 1. The lowest BCUT2D eigenvalue weighted by Crippen LogP contribution is -2.28. The molecule has 0 aromatic heterocycles. The van der Waals surface area contributed by atoms with Crippen LogP contribution < -0.4 is 5.32 Å². The SMILES string of the molecule is Cc1ccc(NC(=O)C2CCOCC2)c(C#CCO)c1. The fraction of sp³-hybridized carbons (Fsp3) is 0.438. The predicted molar refractivity (Wildman–Crippen MR) is 77.3 cm³/mol. The maximum absolute atomic E-state index is 12.2. The monoisotopic (exact) mass is 273 g/mol. The Hall–Kier alpha value is -1.83. The van der Waals surface area contributed by atoms with Gasteiger partial charge < -0.3 is 15.2 Å². The molecule has 1 aliphatic heterocycles. The molecule has 0 bridgehead atoms. The lowest BCUT2D eigenvalue weighted by molar-refractivity contribution is -0.122. The first-order valence-electron chi connectivity index (χ1n) is 6.79. The number of nitrogens with one attached hydrogen (secondary N) is 1. The van der Waals surface area contributed by atoms with Crippen molar-refractivity contribution >= 4 is 11.6 Å². The number of aliphatic hydroxyl groups is 1. The van der Waals surface area contributed by atoms with E-state index < -0.39 is 0 Å². The number of hydrogen-bond donors (Lipinski definition) is 2. The molecule has 1 fully saturated rings. The van der Waals surface area contributed by atoms with Crippen LogP contribution in [0.4, 0.5) is 5.69 Å². The number of anilines is 1. The Balaban J connectivity index is 2.13. The standard InChI is InChI=1S/C16H19NO3/c1-12-4-5-15(14(11-12)3-2-8-18)17-16(19)13-6-9-20-10-7-13/h4-5,11,13,18H,6-10H2,1H3,(H,17,19). The fourth-order valence-electron chi connectivity index (χ4n) is 2.20. The second kappa shape index (κ2) is 7.09. The number of aryl methyl sites for hydroxylation is 1. The van der Waals surface area contributed by atoms with Crippen LogP contribution in [-0.4, -0.2) is 30.8 Å². The molecule has 106 valence electrons. The zero-order chi connectivity index (χ0) is 14.4. The van der Waals surface area contributed by atoms with Crippen LogP contribution in [0.1, 0.15) is 24.0 Å². The van der Waals surface area contributed by atoms with Gasteiger partial charge in [0.05, 0.1) is 5.69 Å². The van der Waals surface area contributed by atoms with E-state index in [0.717, 1.165) is 24.0 Å². The van der Waals surface area contributed by atoms with Gasteiger partial charge >= 0.3 is 0 Å². The molecule has 4 nitrogen and oxygen atoms in total. The number of carbonyl (C=O) groups excluding carboxylic acids is 1. The van der Waals surface area contributed by atoms with Gasteiger partial charge in [0.1, 0.15) is 6.61 Å². The molecule has 1 aromatic rings. The van der Waals surface area contributed by atoms with E-state index in [4.69, 9.17) is 9.84 Å². The summed E-state index contributed by atoms with van der Waals surface area (Å²) < 4.78 is 5.26. The smallest absolute Gasteiger partial charge is 0.227 e. The first-order chi connectivity index (χ1) is 9.70. The van der Waals surface area contributed by atoms with Crippen LogP contribution >= 0.6 is 0 Å². The van der Waals surface area contributed by atoms with Crippen molar-refractivity contribution in [3.63, 3.8) is 0 Å². The molecule has 20 heavy (non-hydrogen) atoms.